The monoisotopic (exact) mass is 247 g/mol. The van der Waals surface area contributed by atoms with Crippen molar-refractivity contribution in [2.24, 2.45) is 5.92 Å². The smallest absolute Gasteiger partial charge is 0.225 e. The fourth-order valence-corrected chi connectivity index (χ4v) is 2.21. The first-order valence-electron chi connectivity index (χ1n) is 6.58. The van der Waals surface area contributed by atoms with Crippen LogP contribution in [0.5, 0.6) is 0 Å². The predicted octanol–water partition coefficient (Wildman–Crippen LogP) is 1.38. The maximum Gasteiger partial charge on any atom is 0.225 e. The number of carbonyl (C=O) groups excluding carboxylic acids is 1. The molecule has 1 saturated heterocycles. The van der Waals surface area contributed by atoms with Gasteiger partial charge in [-0.05, 0) is 12.1 Å². The van der Waals surface area contributed by atoms with Crippen molar-refractivity contribution in [2.45, 2.75) is 20.4 Å². The van der Waals surface area contributed by atoms with E-state index in [1.165, 1.54) is 0 Å². The van der Waals surface area contributed by atoms with Crippen LogP contribution in [0.25, 0.3) is 0 Å². The predicted molar refractivity (Wildman–Crippen MR) is 70.9 cm³/mol. The summed E-state index contributed by atoms with van der Waals surface area (Å²) < 4.78 is 0. The number of nitrogens with zero attached hydrogens (tertiary/aromatic N) is 3. The van der Waals surface area contributed by atoms with Gasteiger partial charge in [0.1, 0.15) is 0 Å². The highest BCUT2D eigenvalue weighted by Crippen LogP contribution is 2.09. The van der Waals surface area contributed by atoms with Gasteiger partial charge in [-0.2, -0.15) is 0 Å². The van der Waals surface area contributed by atoms with Crippen LogP contribution in [0.4, 0.5) is 0 Å². The van der Waals surface area contributed by atoms with Gasteiger partial charge in [0.25, 0.3) is 0 Å². The largest absolute Gasteiger partial charge is 0.340 e. The first-order chi connectivity index (χ1) is 8.66. The third kappa shape index (κ3) is 3.29. The maximum absolute atomic E-state index is 11.9. The van der Waals surface area contributed by atoms with Crippen molar-refractivity contribution in [3.63, 3.8) is 0 Å². The second-order valence-corrected chi connectivity index (χ2v) is 5.08. The van der Waals surface area contributed by atoms with Crippen molar-refractivity contribution in [3.8, 4) is 0 Å². The molecule has 0 aliphatic carbocycles. The quantitative estimate of drug-likeness (QED) is 0.809. The van der Waals surface area contributed by atoms with Gasteiger partial charge in [-0.15, -0.1) is 0 Å². The Morgan fingerprint density at radius 2 is 2.00 bits per heavy atom. The topological polar surface area (TPSA) is 36.4 Å². The maximum atomic E-state index is 11.9. The minimum Gasteiger partial charge on any atom is -0.340 e. The second-order valence-electron chi connectivity index (χ2n) is 5.08. The number of hydrogen-bond acceptors (Lipinski definition) is 3. The molecule has 4 nitrogen and oxygen atoms in total. The van der Waals surface area contributed by atoms with Crippen LogP contribution in [0.15, 0.2) is 24.4 Å². The number of rotatable bonds is 3. The first-order valence-corrected chi connectivity index (χ1v) is 6.58. The van der Waals surface area contributed by atoms with E-state index >= 15 is 0 Å². The molecule has 0 spiro atoms. The van der Waals surface area contributed by atoms with E-state index in [0.717, 1.165) is 38.4 Å². The lowest BCUT2D eigenvalue weighted by molar-refractivity contribution is -0.136. The van der Waals surface area contributed by atoms with Crippen molar-refractivity contribution >= 4 is 5.91 Å². The number of carbonyl (C=O) groups is 1. The minimum absolute atomic E-state index is 0.104. The molecule has 0 radical (unpaired) electrons. The summed E-state index contributed by atoms with van der Waals surface area (Å²) in [6.07, 6.45) is 1.83. The molecule has 1 aliphatic rings. The molecule has 98 valence electrons. The highest BCUT2D eigenvalue weighted by Gasteiger charge is 2.22. The van der Waals surface area contributed by atoms with Gasteiger partial charge in [0.05, 0.1) is 5.69 Å². The normalized spacial score (nSPS) is 17.2. The number of pyridine rings is 1. The summed E-state index contributed by atoms with van der Waals surface area (Å²) in [6, 6.07) is 6.00. The van der Waals surface area contributed by atoms with Crippen LogP contribution < -0.4 is 0 Å². The molecular weight excluding hydrogens is 226 g/mol. The summed E-state index contributed by atoms with van der Waals surface area (Å²) >= 11 is 0. The summed E-state index contributed by atoms with van der Waals surface area (Å²) in [5, 5.41) is 0. The molecule has 0 bridgehead atoms. The van der Waals surface area contributed by atoms with E-state index in [2.05, 4.69) is 9.88 Å². The molecule has 1 fully saturated rings. The zero-order valence-electron chi connectivity index (χ0n) is 11.2. The van der Waals surface area contributed by atoms with E-state index in [-0.39, 0.29) is 11.8 Å². The summed E-state index contributed by atoms with van der Waals surface area (Å²) in [7, 11) is 0. The van der Waals surface area contributed by atoms with Gasteiger partial charge in [-0.1, -0.05) is 19.9 Å². The van der Waals surface area contributed by atoms with Crippen LogP contribution in [-0.4, -0.2) is 46.9 Å². The van der Waals surface area contributed by atoms with Crippen LogP contribution in [0, 0.1) is 5.92 Å². The third-order valence-corrected chi connectivity index (χ3v) is 3.29. The van der Waals surface area contributed by atoms with Crippen molar-refractivity contribution in [3.05, 3.63) is 30.1 Å². The third-order valence-electron chi connectivity index (χ3n) is 3.29. The molecule has 0 unspecified atom stereocenters. The number of aromatic nitrogens is 1. The van der Waals surface area contributed by atoms with Gasteiger partial charge in [0, 0.05) is 44.8 Å². The second kappa shape index (κ2) is 5.96. The molecule has 0 saturated carbocycles. The van der Waals surface area contributed by atoms with E-state index < -0.39 is 0 Å². The zero-order valence-corrected chi connectivity index (χ0v) is 11.2. The van der Waals surface area contributed by atoms with E-state index in [1.54, 1.807) is 0 Å². The van der Waals surface area contributed by atoms with Crippen molar-refractivity contribution in [2.75, 3.05) is 26.2 Å². The van der Waals surface area contributed by atoms with E-state index in [1.807, 2.05) is 43.1 Å². The molecule has 2 rings (SSSR count). The number of amides is 1. The molecule has 18 heavy (non-hydrogen) atoms. The van der Waals surface area contributed by atoms with Crippen molar-refractivity contribution in [1.29, 1.82) is 0 Å². The lowest BCUT2D eigenvalue weighted by Crippen LogP contribution is -2.49. The Hall–Kier alpha value is -1.42. The summed E-state index contributed by atoms with van der Waals surface area (Å²) in [6.45, 7) is 8.35. The summed E-state index contributed by atoms with van der Waals surface area (Å²) in [4.78, 5) is 20.5. The highest BCUT2D eigenvalue weighted by atomic mass is 16.2. The Labute approximate surface area is 109 Å². The Morgan fingerprint density at radius 1 is 1.28 bits per heavy atom. The molecule has 4 heteroatoms. The van der Waals surface area contributed by atoms with Gasteiger partial charge in [0.15, 0.2) is 0 Å². The van der Waals surface area contributed by atoms with Crippen LogP contribution in [0.3, 0.4) is 0 Å². The van der Waals surface area contributed by atoms with Crippen molar-refractivity contribution < 1.29 is 4.79 Å². The minimum atomic E-state index is 0.104. The number of hydrogen-bond donors (Lipinski definition) is 0. The van der Waals surface area contributed by atoms with E-state index in [9.17, 15) is 4.79 Å². The molecule has 1 aromatic heterocycles. The van der Waals surface area contributed by atoms with Gasteiger partial charge >= 0.3 is 0 Å². The highest BCUT2D eigenvalue weighted by molar-refractivity contribution is 5.78. The van der Waals surface area contributed by atoms with Crippen LogP contribution in [-0.2, 0) is 11.3 Å². The molecular formula is C14H21N3O. The first kappa shape index (κ1) is 13.0. The van der Waals surface area contributed by atoms with Crippen LogP contribution >= 0.6 is 0 Å². The SMILES string of the molecule is CC(C)C(=O)N1CCN(Cc2ccccn2)CC1. The average Bonchev–Trinajstić information content (AvgIpc) is 2.40. The summed E-state index contributed by atoms with van der Waals surface area (Å²) in [5.41, 5.74) is 1.10. The van der Waals surface area contributed by atoms with Gasteiger partial charge in [0.2, 0.25) is 5.91 Å². The zero-order chi connectivity index (χ0) is 13.0. The molecule has 1 aromatic rings. The Kier molecular flexibility index (Phi) is 4.31. The van der Waals surface area contributed by atoms with Crippen LogP contribution in [0.2, 0.25) is 0 Å². The fraction of sp³-hybridized carbons (Fsp3) is 0.571. The Balaban J connectivity index is 1.82. The van der Waals surface area contributed by atoms with E-state index in [0.29, 0.717) is 0 Å². The molecule has 0 aromatic carbocycles. The number of piperazine rings is 1. The van der Waals surface area contributed by atoms with E-state index in [4.69, 9.17) is 0 Å². The van der Waals surface area contributed by atoms with Gasteiger partial charge in [-0.25, -0.2) is 0 Å². The molecule has 2 heterocycles. The molecule has 1 amide bonds. The molecule has 1 aliphatic heterocycles. The average molecular weight is 247 g/mol. The molecule has 0 N–H and O–H groups in total. The standard InChI is InChI=1S/C14H21N3O/c1-12(2)14(18)17-9-7-16(8-10-17)11-13-5-3-4-6-15-13/h3-6,12H,7-11H2,1-2H3. The Morgan fingerprint density at radius 3 is 2.56 bits per heavy atom. The Bertz CT molecular complexity index is 383. The lowest BCUT2D eigenvalue weighted by atomic mass is 10.1. The lowest BCUT2D eigenvalue weighted by Gasteiger charge is -2.35. The van der Waals surface area contributed by atoms with Gasteiger partial charge in [-0.3, -0.25) is 14.7 Å². The van der Waals surface area contributed by atoms with Crippen LogP contribution in [0.1, 0.15) is 19.5 Å². The van der Waals surface area contributed by atoms with Gasteiger partial charge < -0.3 is 4.90 Å². The van der Waals surface area contributed by atoms with Crippen molar-refractivity contribution in [1.82, 2.24) is 14.8 Å². The fourth-order valence-electron chi connectivity index (χ4n) is 2.21. The summed E-state index contributed by atoms with van der Waals surface area (Å²) in [5.74, 6) is 0.375. The molecule has 0 atom stereocenters.